The number of benzene rings is 1. The summed E-state index contributed by atoms with van der Waals surface area (Å²) < 4.78 is 5.49. The molecule has 0 spiro atoms. The molecule has 0 aliphatic heterocycles. The number of likely N-dealkylation sites (N-methyl/N-ethyl adjacent to an activating group) is 1. The van der Waals surface area contributed by atoms with Gasteiger partial charge in [0.25, 0.3) is 0 Å². The van der Waals surface area contributed by atoms with Gasteiger partial charge in [-0.15, -0.1) is 0 Å². The molecular weight excluding hydrogens is 270 g/mol. The molecule has 118 valence electrons. The minimum Gasteiger partial charge on any atom is -0.481 e. The second-order valence-electron chi connectivity index (χ2n) is 5.19. The first-order valence-electron chi connectivity index (χ1n) is 7.28. The lowest BCUT2D eigenvalue weighted by molar-refractivity contribution is -0.138. The van der Waals surface area contributed by atoms with Gasteiger partial charge in [-0.1, -0.05) is 37.3 Å². The van der Waals surface area contributed by atoms with Crippen molar-refractivity contribution in [1.29, 1.82) is 0 Å². The van der Waals surface area contributed by atoms with Crippen LogP contribution in [-0.4, -0.2) is 52.9 Å². The summed E-state index contributed by atoms with van der Waals surface area (Å²) in [6, 6.07) is 9.68. The van der Waals surface area contributed by atoms with E-state index in [-0.39, 0.29) is 19.1 Å². The number of rotatable bonds is 10. The summed E-state index contributed by atoms with van der Waals surface area (Å²) in [7, 11) is 0. The monoisotopic (exact) mass is 295 g/mol. The number of aliphatic hydroxyl groups is 1. The lowest BCUT2D eigenvalue weighted by atomic mass is 10.2. The van der Waals surface area contributed by atoms with Gasteiger partial charge in [0.15, 0.2) is 0 Å². The summed E-state index contributed by atoms with van der Waals surface area (Å²) in [6.07, 6.45) is -0.546. The molecule has 1 aromatic carbocycles. The average molecular weight is 295 g/mol. The number of nitrogens with zero attached hydrogens (tertiary/aromatic N) is 1. The van der Waals surface area contributed by atoms with Crippen LogP contribution >= 0.6 is 0 Å². The smallest absolute Gasteiger partial charge is 0.304 e. The molecule has 0 aliphatic carbocycles. The minimum absolute atomic E-state index is 0.0748. The molecule has 0 saturated heterocycles. The van der Waals surface area contributed by atoms with E-state index in [2.05, 4.69) is 0 Å². The number of carboxylic acids is 1. The van der Waals surface area contributed by atoms with E-state index in [0.717, 1.165) is 5.56 Å². The van der Waals surface area contributed by atoms with Crippen molar-refractivity contribution in [3.63, 3.8) is 0 Å². The van der Waals surface area contributed by atoms with E-state index in [1.54, 1.807) is 0 Å². The predicted molar refractivity (Wildman–Crippen MR) is 81.1 cm³/mol. The Kier molecular flexibility index (Phi) is 7.97. The molecule has 0 fully saturated rings. The van der Waals surface area contributed by atoms with Crippen molar-refractivity contribution in [2.45, 2.75) is 39.0 Å². The zero-order valence-electron chi connectivity index (χ0n) is 12.7. The Hall–Kier alpha value is -1.43. The molecule has 2 atom stereocenters. The van der Waals surface area contributed by atoms with Gasteiger partial charge in [-0.05, 0) is 19.0 Å². The van der Waals surface area contributed by atoms with E-state index >= 15 is 0 Å². The molecule has 21 heavy (non-hydrogen) atoms. The van der Waals surface area contributed by atoms with Crippen LogP contribution in [0.5, 0.6) is 0 Å². The molecule has 0 saturated carbocycles. The normalized spacial score (nSPS) is 14.1. The maximum atomic E-state index is 10.7. The Labute approximate surface area is 126 Å². The lowest BCUT2D eigenvalue weighted by Crippen LogP contribution is -2.41. The summed E-state index contributed by atoms with van der Waals surface area (Å²) in [5.41, 5.74) is 1.07. The van der Waals surface area contributed by atoms with Crippen molar-refractivity contribution < 1.29 is 19.7 Å². The van der Waals surface area contributed by atoms with Crippen molar-refractivity contribution in [1.82, 2.24) is 4.90 Å². The van der Waals surface area contributed by atoms with Crippen LogP contribution in [0.25, 0.3) is 0 Å². The molecule has 5 heteroatoms. The highest BCUT2D eigenvalue weighted by molar-refractivity contribution is 5.67. The Bertz CT molecular complexity index is 410. The van der Waals surface area contributed by atoms with E-state index < -0.39 is 12.1 Å². The number of ether oxygens (including phenoxy) is 1. The molecule has 2 N–H and O–H groups in total. The first kappa shape index (κ1) is 17.6. The summed E-state index contributed by atoms with van der Waals surface area (Å²) in [5.74, 6) is -0.823. The molecule has 1 aromatic rings. The molecule has 0 amide bonds. The van der Waals surface area contributed by atoms with Gasteiger partial charge < -0.3 is 14.9 Å². The van der Waals surface area contributed by atoms with Gasteiger partial charge in [0.05, 0.1) is 25.7 Å². The summed E-state index contributed by atoms with van der Waals surface area (Å²) in [6.45, 7) is 5.63. The SMILES string of the molecule is CCN(CC(O)COCc1ccccc1)C(C)CC(=O)O. The Balaban J connectivity index is 2.30. The molecule has 1 rings (SSSR count). The highest BCUT2D eigenvalue weighted by Gasteiger charge is 2.18. The van der Waals surface area contributed by atoms with Crippen molar-refractivity contribution in [2.75, 3.05) is 19.7 Å². The van der Waals surface area contributed by atoms with Crippen LogP contribution in [0.1, 0.15) is 25.8 Å². The minimum atomic E-state index is -0.823. The van der Waals surface area contributed by atoms with Crippen LogP contribution in [0.15, 0.2) is 30.3 Å². The molecule has 0 bridgehead atoms. The topological polar surface area (TPSA) is 70.0 Å². The van der Waals surface area contributed by atoms with Gasteiger partial charge in [-0.3, -0.25) is 9.69 Å². The van der Waals surface area contributed by atoms with Crippen LogP contribution in [0, 0.1) is 0 Å². The number of carbonyl (C=O) groups is 1. The third-order valence-electron chi connectivity index (χ3n) is 3.37. The Morgan fingerprint density at radius 3 is 2.57 bits per heavy atom. The van der Waals surface area contributed by atoms with Crippen molar-refractivity contribution in [3.05, 3.63) is 35.9 Å². The third-order valence-corrected chi connectivity index (χ3v) is 3.37. The second-order valence-corrected chi connectivity index (χ2v) is 5.19. The molecule has 0 aromatic heterocycles. The lowest BCUT2D eigenvalue weighted by Gasteiger charge is -2.28. The zero-order chi connectivity index (χ0) is 15.7. The summed E-state index contributed by atoms with van der Waals surface area (Å²) in [4.78, 5) is 12.7. The van der Waals surface area contributed by atoms with E-state index in [4.69, 9.17) is 9.84 Å². The largest absolute Gasteiger partial charge is 0.481 e. The standard InChI is InChI=1S/C16H25NO4/c1-3-17(13(2)9-16(19)20)10-15(18)12-21-11-14-7-5-4-6-8-14/h4-8,13,15,18H,3,9-12H2,1-2H3,(H,19,20). The van der Waals surface area contributed by atoms with Crippen molar-refractivity contribution in [2.24, 2.45) is 0 Å². The van der Waals surface area contributed by atoms with Gasteiger partial charge in [0.2, 0.25) is 0 Å². The van der Waals surface area contributed by atoms with Crippen LogP contribution < -0.4 is 0 Å². The Morgan fingerprint density at radius 1 is 1.33 bits per heavy atom. The first-order valence-corrected chi connectivity index (χ1v) is 7.28. The number of carboxylic acid groups (broad SMARTS) is 1. The van der Waals surface area contributed by atoms with Gasteiger partial charge in [-0.2, -0.15) is 0 Å². The van der Waals surface area contributed by atoms with Crippen molar-refractivity contribution in [3.8, 4) is 0 Å². The van der Waals surface area contributed by atoms with Gasteiger partial charge in [-0.25, -0.2) is 0 Å². The van der Waals surface area contributed by atoms with Gasteiger partial charge in [0.1, 0.15) is 0 Å². The maximum absolute atomic E-state index is 10.7. The van der Waals surface area contributed by atoms with E-state index in [9.17, 15) is 9.90 Å². The molecule has 0 aliphatic rings. The predicted octanol–water partition coefficient (Wildman–Crippen LogP) is 1.75. The molecule has 0 radical (unpaired) electrons. The zero-order valence-corrected chi connectivity index (χ0v) is 12.7. The van der Waals surface area contributed by atoms with Crippen LogP contribution in [0.2, 0.25) is 0 Å². The fourth-order valence-electron chi connectivity index (χ4n) is 2.21. The molecule has 2 unspecified atom stereocenters. The molecule has 5 nitrogen and oxygen atoms in total. The number of aliphatic carboxylic acids is 1. The van der Waals surface area contributed by atoms with Gasteiger partial charge >= 0.3 is 5.97 Å². The average Bonchev–Trinajstić information content (AvgIpc) is 2.45. The van der Waals surface area contributed by atoms with Gasteiger partial charge in [0, 0.05) is 12.6 Å². The number of aliphatic hydroxyl groups excluding tert-OH is 1. The molecule has 0 heterocycles. The van der Waals surface area contributed by atoms with Crippen LogP contribution in [0.4, 0.5) is 0 Å². The van der Waals surface area contributed by atoms with Crippen LogP contribution in [-0.2, 0) is 16.1 Å². The highest BCUT2D eigenvalue weighted by atomic mass is 16.5. The fourth-order valence-corrected chi connectivity index (χ4v) is 2.21. The third kappa shape index (κ3) is 7.22. The van der Waals surface area contributed by atoms with E-state index in [0.29, 0.717) is 19.7 Å². The summed E-state index contributed by atoms with van der Waals surface area (Å²) >= 11 is 0. The van der Waals surface area contributed by atoms with Crippen molar-refractivity contribution >= 4 is 5.97 Å². The number of hydrogen-bond acceptors (Lipinski definition) is 4. The maximum Gasteiger partial charge on any atom is 0.304 e. The van der Waals surface area contributed by atoms with E-state index in [1.807, 2.05) is 49.1 Å². The first-order chi connectivity index (χ1) is 10.0. The highest BCUT2D eigenvalue weighted by Crippen LogP contribution is 2.06. The fraction of sp³-hybridized carbons (Fsp3) is 0.562. The summed E-state index contributed by atoms with van der Waals surface area (Å²) in [5, 5.41) is 18.8. The number of hydrogen-bond donors (Lipinski definition) is 2. The second kappa shape index (κ2) is 9.50. The Morgan fingerprint density at radius 2 is 2.00 bits per heavy atom. The van der Waals surface area contributed by atoms with Crippen LogP contribution in [0.3, 0.4) is 0 Å². The quantitative estimate of drug-likeness (QED) is 0.688. The molecular formula is C16H25NO4. The van der Waals surface area contributed by atoms with E-state index in [1.165, 1.54) is 0 Å².